The Hall–Kier alpha value is -2.31. The first-order valence-corrected chi connectivity index (χ1v) is 6.63. The molecule has 0 saturated heterocycles. The van der Waals surface area contributed by atoms with Crippen LogP contribution in [0.1, 0.15) is 30.2 Å². The fourth-order valence-corrected chi connectivity index (χ4v) is 1.99. The zero-order valence-corrected chi connectivity index (χ0v) is 11.6. The highest BCUT2D eigenvalue weighted by atomic mass is 16.6. The van der Waals surface area contributed by atoms with Gasteiger partial charge in [-0.15, -0.1) is 0 Å². The number of aromatic nitrogens is 1. The van der Waals surface area contributed by atoms with Gasteiger partial charge in [-0.3, -0.25) is 15.1 Å². The van der Waals surface area contributed by atoms with Gasteiger partial charge in [0.05, 0.1) is 11.0 Å². The maximum Gasteiger partial charge on any atom is 0.269 e. The van der Waals surface area contributed by atoms with Crippen LogP contribution in [-0.4, -0.2) is 21.6 Å². The first-order chi connectivity index (χ1) is 10.1. The van der Waals surface area contributed by atoms with E-state index in [1.54, 1.807) is 36.7 Å². The molecule has 0 bridgehead atoms. The van der Waals surface area contributed by atoms with Crippen molar-refractivity contribution in [1.29, 1.82) is 0 Å². The third-order valence-corrected chi connectivity index (χ3v) is 3.31. The second-order valence-corrected chi connectivity index (χ2v) is 4.77. The first-order valence-electron chi connectivity index (χ1n) is 6.63. The van der Waals surface area contributed by atoms with Crippen molar-refractivity contribution in [2.75, 3.05) is 6.54 Å². The maximum absolute atomic E-state index is 10.6. The smallest absolute Gasteiger partial charge is 0.269 e. The average molecular weight is 287 g/mol. The van der Waals surface area contributed by atoms with Crippen molar-refractivity contribution in [2.45, 2.75) is 19.1 Å². The summed E-state index contributed by atoms with van der Waals surface area (Å²) in [6, 6.07) is 9.91. The standard InChI is InChI=1S/C15H17N3O3/c1-11(12-2-4-14(5-3-12)18(20)21)17-10-15(19)13-6-8-16-9-7-13/h2-9,11,15,17,19H,10H2,1H3. The molecule has 0 fully saturated rings. The molecule has 2 rings (SSSR count). The summed E-state index contributed by atoms with van der Waals surface area (Å²) in [7, 11) is 0. The quantitative estimate of drug-likeness (QED) is 0.629. The Morgan fingerprint density at radius 3 is 2.38 bits per heavy atom. The molecule has 6 heteroatoms. The lowest BCUT2D eigenvalue weighted by atomic mass is 10.1. The summed E-state index contributed by atoms with van der Waals surface area (Å²) < 4.78 is 0. The zero-order valence-electron chi connectivity index (χ0n) is 11.6. The van der Waals surface area contributed by atoms with E-state index in [1.807, 2.05) is 6.92 Å². The predicted octanol–water partition coefficient (Wildman–Crippen LogP) is 2.37. The van der Waals surface area contributed by atoms with Gasteiger partial charge in [-0.2, -0.15) is 0 Å². The molecule has 1 heterocycles. The highest BCUT2D eigenvalue weighted by molar-refractivity contribution is 5.34. The summed E-state index contributed by atoms with van der Waals surface area (Å²) in [5, 5.41) is 23.9. The number of non-ortho nitro benzene ring substituents is 1. The van der Waals surface area contributed by atoms with Crippen LogP contribution in [0.15, 0.2) is 48.8 Å². The van der Waals surface area contributed by atoms with Crippen molar-refractivity contribution >= 4 is 5.69 Å². The van der Waals surface area contributed by atoms with Crippen molar-refractivity contribution in [3.8, 4) is 0 Å². The molecule has 110 valence electrons. The average Bonchev–Trinajstić information content (AvgIpc) is 2.53. The van der Waals surface area contributed by atoms with E-state index in [-0.39, 0.29) is 11.7 Å². The van der Waals surface area contributed by atoms with Gasteiger partial charge in [-0.25, -0.2) is 0 Å². The summed E-state index contributed by atoms with van der Waals surface area (Å²) in [4.78, 5) is 14.1. The lowest BCUT2D eigenvalue weighted by Crippen LogP contribution is -2.24. The molecule has 0 aliphatic carbocycles. The van der Waals surface area contributed by atoms with Crippen LogP contribution in [0.2, 0.25) is 0 Å². The number of aliphatic hydroxyl groups is 1. The highest BCUT2D eigenvalue weighted by Gasteiger charge is 2.12. The van der Waals surface area contributed by atoms with Gasteiger partial charge in [0.15, 0.2) is 0 Å². The number of nitrogens with zero attached hydrogens (tertiary/aromatic N) is 2. The molecule has 2 aromatic rings. The van der Waals surface area contributed by atoms with Gasteiger partial charge in [-0.05, 0) is 30.2 Å². The molecular weight excluding hydrogens is 270 g/mol. The van der Waals surface area contributed by atoms with Crippen LogP contribution in [0.25, 0.3) is 0 Å². The molecule has 6 nitrogen and oxygen atoms in total. The van der Waals surface area contributed by atoms with Crippen LogP contribution >= 0.6 is 0 Å². The third-order valence-electron chi connectivity index (χ3n) is 3.31. The maximum atomic E-state index is 10.6. The van der Waals surface area contributed by atoms with Gasteiger partial charge >= 0.3 is 0 Å². The van der Waals surface area contributed by atoms with Crippen molar-refractivity contribution in [2.24, 2.45) is 0 Å². The van der Waals surface area contributed by atoms with Gasteiger partial charge in [0, 0.05) is 37.1 Å². The number of hydrogen-bond donors (Lipinski definition) is 2. The third kappa shape index (κ3) is 4.08. The molecule has 2 unspecified atom stereocenters. The lowest BCUT2D eigenvalue weighted by molar-refractivity contribution is -0.384. The molecule has 0 saturated carbocycles. The first kappa shape index (κ1) is 15.1. The monoisotopic (exact) mass is 287 g/mol. The van der Waals surface area contributed by atoms with Gasteiger partial charge in [0.25, 0.3) is 5.69 Å². The largest absolute Gasteiger partial charge is 0.387 e. The Morgan fingerprint density at radius 2 is 1.81 bits per heavy atom. The predicted molar refractivity (Wildman–Crippen MR) is 78.7 cm³/mol. The molecule has 1 aromatic carbocycles. The molecule has 2 atom stereocenters. The molecule has 0 aliphatic heterocycles. The van der Waals surface area contributed by atoms with Crippen LogP contribution in [0.5, 0.6) is 0 Å². The molecular formula is C15H17N3O3. The lowest BCUT2D eigenvalue weighted by Gasteiger charge is -2.17. The fourth-order valence-electron chi connectivity index (χ4n) is 1.99. The normalized spacial score (nSPS) is 13.6. The molecule has 2 N–H and O–H groups in total. The van der Waals surface area contributed by atoms with Gasteiger partial charge < -0.3 is 10.4 Å². The molecule has 0 aliphatic rings. The molecule has 1 aromatic heterocycles. The van der Waals surface area contributed by atoms with E-state index in [0.717, 1.165) is 11.1 Å². The Bertz CT molecular complexity index is 587. The fraction of sp³-hybridized carbons (Fsp3) is 0.267. The summed E-state index contributed by atoms with van der Waals surface area (Å²) in [6.45, 7) is 2.34. The minimum Gasteiger partial charge on any atom is -0.387 e. The van der Waals surface area contributed by atoms with E-state index in [4.69, 9.17) is 0 Å². The summed E-state index contributed by atoms with van der Waals surface area (Å²) in [5.41, 5.74) is 1.80. The Morgan fingerprint density at radius 1 is 1.19 bits per heavy atom. The molecule has 0 spiro atoms. The Labute approximate surface area is 122 Å². The second-order valence-electron chi connectivity index (χ2n) is 4.77. The van der Waals surface area contributed by atoms with Gasteiger partial charge in [-0.1, -0.05) is 12.1 Å². The minimum atomic E-state index is -0.617. The number of hydrogen-bond acceptors (Lipinski definition) is 5. The molecule has 0 radical (unpaired) electrons. The SMILES string of the molecule is CC(NCC(O)c1ccncc1)c1ccc([N+](=O)[O-])cc1. The van der Waals surface area contributed by atoms with Crippen molar-refractivity contribution in [3.05, 3.63) is 70.0 Å². The summed E-state index contributed by atoms with van der Waals surface area (Å²) in [5.74, 6) is 0. The highest BCUT2D eigenvalue weighted by Crippen LogP contribution is 2.18. The number of nitro groups is 1. The second kappa shape index (κ2) is 6.92. The van der Waals surface area contributed by atoms with Crippen LogP contribution < -0.4 is 5.32 Å². The van der Waals surface area contributed by atoms with Crippen LogP contribution in [0.4, 0.5) is 5.69 Å². The summed E-state index contributed by atoms with van der Waals surface area (Å²) >= 11 is 0. The molecule has 21 heavy (non-hydrogen) atoms. The number of nitrogens with one attached hydrogen (secondary N) is 1. The number of rotatable bonds is 6. The Kier molecular flexibility index (Phi) is 4.97. The zero-order chi connectivity index (χ0) is 15.2. The van der Waals surface area contributed by atoms with Crippen LogP contribution in [-0.2, 0) is 0 Å². The number of aliphatic hydroxyl groups excluding tert-OH is 1. The van der Waals surface area contributed by atoms with E-state index in [9.17, 15) is 15.2 Å². The number of nitro benzene ring substituents is 1. The van der Waals surface area contributed by atoms with E-state index in [1.165, 1.54) is 12.1 Å². The topological polar surface area (TPSA) is 88.3 Å². The summed E-state index contributed by atoms with van der Waals surface area (Å²) in [6.07, 6.45) is 2.66. The van der Waals surface area contributed by atoms with Crippen molar-refractivity contribution in [1.82, 2.24) is 10.3 Å². The Balaban J connectivity index is 1.92. The minimum absolute atomic E-state index is 0.0118. The van der Waals surface area contributed by atoms with Crippen molar-refractivity contribution in [3.63, 3.8) is 0 Å². The van der Waals surface area contributed by atoms with E-state index < -0.39 is 11.0 Å². The van der Waals surface area contributed by atoms with Crippen molar-refractivity contribution < 1.29 is 10.0 Å². The number of benzene rings is 1. The van der Waals surface area contributed by atoms with E-state index in [2.05, 4.69) is 10.3 Å². The molecule has 0 amide bonds. The van der Waals surface area contributed by atoms with E-state index in [0.29, 0.717) is 6.54 Å². The van der Waals surface area contributed by atoms with E-state index >= 15 is 0 Å². The number of pyridine rings is 1. The van der Waals surface area contributed by atoms with Crippen LogP contribution in [0, 0.1) is 10.1 Å². The van der Waals surface area contributed by atoms with Gasteiger partial charge in [0.1, 0.15) is 0 Å². The van der Waals surface area contributed by atoms with Gasteiger partial charge in [0.2, 0.25) is 0 Å². The van der Waals surface area contributed by atoms with Crippen LogP contribution in [0.3, 0.4) is 0 Å².